The zero-order chi connectivity index (χ0) is 18.8. The smallest absolute Gasteiger partial charge is 0.283 e. The molecular formula is C19H16Cl2N2O3. The molecule has 5 nitrogen and oxygen atoms in total. The van der Waals surface area contributed by atoms with Crippen LogP contribution in [0.5, 0.6) is 5.75 Å². The lowest BCUT2D eigenvalue weighted by atomic mass is 10.2. The van der Waals surface area contributed by atoms with Crippen LogP contribution < -0.4 is 15.0 Å². The first kappa shape index (κ1) is 18.3. The number of carbonyl (C=O) groups excluding carboxylic acids is 2. The third-order valence-corrected chi connectivity index (χ3v) is 4.47. The van der Waals surface area contributed by atoms with Crippen LogP contribution in [-0.4, -0.2) is 18.4 Å². The molecule has 0 spiro atoms. The van der Waals surface area contributed by atoms with Crippen molar-refractivity contribution in [1.82, 2.24) is 0 Å². The molecule has 0 saturated heterocycles. The summed E-state index contributed by atoms with van der Waals surface area (Å²) in [6.07, 6.45) is 0. The van der Waals surface area contributed by atoms with Crippen LogP contribution in [0.15, 0.2) is 53.2 Å². The molecule has 1 heterocycles. The normalized spacial score (nSPS) is 14.2. The van der Waals surface area contributed by atoms with Gasteiger partial charge in [-0.25, -0.2) is 4.90 Å². The van der Waals surface area contributed by atoms with Crippen molar-refractivity contribution >= 4 is 46.4 Å². The number of carbonyl (C=O) groups is 2. The van der Waals surface area contributed by atoms with E-state index in [9.17, 15) is 9.59 Å². The molecule has 134 valence electrons. The zero-order valence-electron chi connectivity index (χ0n) is 14.2. The predicted octanol–water partition coefficient (Wildman–Crippen LogP) is 4.48. The minimum atomic E-state index is -0.574. The Labute approximate surface area is 161 Å². The Morgan fingerprint density at radius 3 is 2.35 bits per heavy atom. The SMILES string of the molecule is CCOc1ccc(N2C(=O)C(Cl)=C(Nc3ccc(Cl)cc3C)C2=O)cc1. The van der Waals surface area contributed by atoms with E-state index in [2.05, 4.69) is 5.32 Å². The van der Waals surface area contributed by atoms with E-state index in [0.29, 0.717) is 28.8 Å². The standard InChI is InChI=1S/C19H16Cl2N2O3/c1-3-26-14-7-5-13(6-8-14)23-18(24)16(21)17(19(23)25)22-15-9-4-12(20)10-11(15)2/h4-10,22H,3H2,1-2H3. The number of nitrogens with one attached hydrogen (secondary N) is 1. The van der Waals surface area contributed by atoms with Crippen molar-refractivity contribution < 1.29 is 14.3 Å². The quantitative estimate of drug-likeness (QED) is 0.764. The summed E-state index contributed by atoms with van der Waals surface area (Å²) in [5, 5.41) is 3.38. The topological polar surface area (TPSA) is 58.6 Å². The summed E-state index contributed by atoms with van der Waals surface area (Å²) in [5.41, 5.74) is 1.94. The molecule has 0 aromatic heterocycles. The first-order valence-corrected chi connectivity index (χ1v) is 8.72. The van der Waals surface area contributed by atoms with Crippen LogP contribution in [0.3, 0.4) is 0 Å². The van der Waals surface area contributed by atoms with E-state index in [1.54, 1.807) is 42.5 Å². The molecule has 0 aliphatic carbocycles. The molecule has 2 aromatic carbocycles. The molecular weight excluding hydrogens is 375 g/mol. The summed E-state index contributed by atoms with van der Waals surface area (Å²) >= 11 is 12.1. The van der Waals surface area contributed by atoms with Crippen molar-refractivity contribution in [1.29, 1.82) is 0 Å². The highest BCUT2D eigenvalue weighted by molar-refractivity contribution is 6.53. The number of halogens is 2. The van der Waals surface area contributed by atoms with E-state index < -0.39 is 11.8 Å². The van der Waals surface area contributed by atoms with Gasteiger partial charge in [-0.2, -0.15) is 0 Å². The number of rotatable bonds is 5. The molecule has 0 bridgehead atoms. The summed E-state index contributed by atoms with van der Waals surface area (Å²) in [6, 6.07) is 11.8. The molecule has 7 heteroatoms. The number of benzene rings is 2. The first-order chi connectivity index (χ1) is 12.4. The monoisotopic (exact) mass is 390 g/mol. The van der Waals surface area contributed by atoms with Crippen molar-refractivity contribution in [3.63, 3.8) is 0 Å². The summed E-state index contributed by atoms with van der Waals surface area (Å²) < 4.78 is 5.37. The molecule has 0 saturated carbocycles. The Morgan fingerprint density at radius 2 is 1.73 bits per heavy atom. The highest BCUT2D eigenvalue weighted by Crippen LogP contribution is 2.32. The lowest BCUT2D eigenvalue weighted by Crippen LogP contribution is -2.32. The number of imide groups is 1. The van der Waals surface area contributed by atoms with Crippen LogP contribution in [0.2, 0.25) is 5.02 Å². The van der Waals surface area contributed by atoms with Gasteiger partial charge in [-0.1, -0.05) is 23.2 Å². The van der Waals surface area contributed by atoms with Gasteiger partial charge in [-0.3, -0.25) is 9.59 Å². The van der Waals surface area contributed by atoms with E-state index in [1.165, 1.54) is 0 Å². The Morgan fingerprint density at radius 1 is 1.04 bits per heavy atom. The van der Waals surface area contributed by atoms with E-state index in [1.807, 2.05) is 13.8 Å². The van der Waals surface area contributed by atoms with Crippen LogP contribution in [-0.2, 0) is 9.59 Å². The fraction of sp³-hybridized carbons (Fsp3) is 0.158. The van der Waals surface area contributed by atoms with Gasteiger partial charge >= 0.3 is 0 Å². The largest absolute Gasteiger partial charge is 0.494 e. The molecule has 1 aliphatic heterocycles. The van der Waals surface area contributed by atoms with Crippen molar-refractivity contribution in [2.75, 3.05) is 16.8 Å². The number of ether oxygens (including phenoxy) is 1. The van der Waals surface area contributed by atoms with Crippen LogP contribution in [0.4, 0.5) is 11.4 Å². The van der Waals surface area contributed by atoms with Gasteiger partial charge in [0.2, 0.25) is 0 Å². The molecule has 2 amide bonds. The maximum absolute atomic E-state index is 12.8. The average molecular weight is 391 g/mol. The summed E-state index contributed by atoms with van der Waals surface area (Å²) in [6.45, 7) is 4.25. The number of amides is 2. The van der Waals surface area contributed by atoms with E-state index in [0.717, 1.165) is 10.5 Å². The van der Waals surface area contributed by atoms with Crippen LogP contribution in [0.1, 0.15) is 12.5 Å². The minimum Gasteiger partial charge on any atom is -0.494 e. The van der Waals surface area contributed by atoms with Gasteiger partial charge < -0.3 is 10.1 Å². The number of aryl methyl sites for hydroxylation is 1. The van der Waals surface area contributed by atoms with Gasteiger partial charge in [0, 0.05) is 10.7 Å². The number of nitrogens with zero attached hydrogens (tertiary/aromatic N) is 1. The average Bonchev–Trinajstić information content (AvgIpc) is 2.82. The van der Waals surface area contributed by atoms with Crippen molar-refractivity contribution in [3.05, 3.63) is 63.8 Å². The third kappa shape index (κ3) is 3.41. The zero-order valence-corrected chi connectivity index (χ0v) is 15.7. The second kappa shape index (κ2) is 7.40. The molecule has 0 unspecified atom stereocenters. The van der Waals surface area contributed by atoms with Crippen molar-refractivity contribution in [2.24, 2.45) is 0 Å². The number of hydrogen-bond acceptors (Lipinski definition) is 4. The fourth-order valence-corrected chi connectivity index (χ4v) is 3.05. The van der Waals surface area contributed by atoms with Crippen LogP contribution in [0, 0.1) is 6.92 Å². The fourth-order valence-electron chi connectivity index (χ4n) is 2.61. The Kier molecular flexibility index (Phi) is 5.20. The number of anilines is 2. The van der Waals surface area contributed by atoms with Crippen LogP contribution in [0.25, 0.3) is 0 Å². The second-order valence-electron chi connectivity index (χ2n) is 5.65. The molecule has 0 radical (unpaired) electrons. The van der Waals surface area contributed by atoms with Gasteiger partial charge in [0.1, 0.15) is 16.5 Å². The van der Waals surface area contributed by atoms with Gasteiger partial charge in [-0.05, 0) is 61.9 Å². The molecule has 0 fully saturated rings. The maximum atomic E-state index is 12.8. The molecule has 3 rings (SSSR count). The van der Waals surface area contributed by atoms with E-state index in [4.69, 9.17) is 27.9 Å². The summed E-state index contributed by atoms with van der Waals surface area (Å²) in [5.74, 6) is -0.432. The van der Waals surface area contributed by atoms with E-state index >= 15 is 0 Å². The Balaban J connectivity index is 1.87. The summed E-state index contributed by atoms with van der Waals surface area (Å²) in [4.78, 5) is 26.3. The highest BCUT2D eigenvalue weighted by atomic mass is 35.5. The maximum Gasteiger partial charge on any atom is 0.283 e. The third-order valence-electron chi connectivity index (χ3n) is 3.88. The molecule has 26 heavy (non-hydrogen) atoms. The van der Waals surface area contributed by atoms with Crippen molar-refractivity contribution in [3.8, 4) is 5.75 Å². The van der Waals surface area contributed by atoms with Gasteiger partial charge in [0.25, 0.3) is 11.8 Å². The predicted molar refractivity (Wildman–Crippen MR) is 103 cm³/mol. The molecule has 1 N–H and O–H groups in total. The van der Waals surface area contributed by atoms with Gasteiger partial charge in [0.05, 0.1) is 12.3 Å². The molecule has 2 aromatic rings. The lowest BCUT2D eigenvalue weighted by Gasteiger charge is -2.16. The minimum absolute atomic E-state index is 0.0379. The highest BCUT2D eigenvalue weighted by Gasteiger charge is 2.39. The van der Waals surface area contributed by atoms with Gasteiger partial charge in [-0.15, -0.1) is 0 Å². The Hall–Kier alpha value is -2.50. The van der Waals surface area contributed by atoms with Gasteiger partial charge in [0.15, 0.2) is 0 Å². The Bertz CT molecular complexity index is 908. The lowest BCUT2D eigenvalue weighted by molar-refractivity contribution is -0.120. The molecule has 1 aliphatic rings. The van der Waals surface area contributed by atoms with Crippen LogP contribution >= 0.6 is 23.2 Å². The molecule has 0 atom stereocenters. The van der Waals surface area contributed by atoms with E-state index in [-0.39, 0.29) is 10.7 Å². The van der Waals surface area contributed by atoms with Crippen molar-refractivity contribution in [2.45, 2.75) is 13.8 Å². The second-order valence-corrected chi connectivity index (χ2v) is 6.46. The number of hydrogen-bond donors (Lipinski definition) is 1. The summed E-state index contributed by atoms with van der Waals surface area (Å²) in [7, 11) is 0. The first-order valence-electron chi connectivity index (χ1n) is 7.97.